The zero-order valence-corrected chi connectivity index (χ0v) is 20.0. The number of methoxy groups -OCH3 is 1. The van der Waals surface area contributed by atoms with Crippen molar-refractivity contribution in [2.45, 2.75) is 31.9 Å². The van der Waals surface area contributed by atoms with E-state index in [4.69, 9.17) is 9.84 Å². The van der Waals surface area contributed by atoms with Gasteiger partial charge in [-0.25, -0.2) is 0 Å². The van der Waals surface area contributed by atoms with Crippen molar-refractivity contribution in [3.63, 3.8) is 0 Å². The van der Waals surface area contributed by atoms with Crippen LogP contribution in [-0.4, -0.2) is 56.4 Å². The molecule has 0 spiro atoms. The van der Waals surface area contributed by atoms with E-state index < -0.39 is 17.4 Å². The molecule has 35 heavy (non-hydrogen) atoms. The number of aliphatic hydroxyl groups is 2. The number of aliphatic hydroxyl groups excluding tert-OH is 1. The first-order valence-electron chi connectivity index (χ1n) is 11.4. The molecule has 3 aromatic rings. The molecule has 0 saturated carbocycles. The molecule has 184 valence electrons. The maximum atomic E-state index is 13.2. The van der Waals surface area contributed by atoms with Crippen molar-refractivity contribution in [2.24, 2.45) is 5.92 Å². The number of ether oxygens (including phenoxy) is 1. The van der Waals surface area contributed by atoms with Gasteiger partial charge in [0.15, 0.2) is 11.4 Å². The van der Waals surface area contributed by atoms with E-state index in [1.165, 1.54) is 16.6 Å². The predicted octanol–water partition coefficient (Wildman–Crippen LogP) is 1.42. The Labute approximate surface area is 202 Å². The topological polar surface area (TPSA) is 123 Å². The first-order chi connectivity index (χ1) is 16.8. The molecule has 0 bridgehead atoms. The van der Waals surface area contributed by atoms with Gasteiger partial charge in [-0.15, -0.1) is 5.10 Å². The molecular formula is C25H29N5O5. The van der Waals surface area contributed by atoms with E-state index >= 15 is 0 Å². The number of hydrogen-bond donors (Lipinski definition) is 2. The lowest BCUT2D eigenvalue weighted by atomic mass is 9.82. The normalized spacial score (nSPS) is 18.3. The largest absolute Gasteiger partial charge is 0.491 e. The first kappa shape index (κ1) is 24.4. The summed E-state index contributed by atoms with van der Waals surface area (Å²) in [4.78, 5) is 27.3. The number of anilines is 1. The van der Waals surface area contributed by atoms with Crippen LogP contribution < -0.4 is 15.2 Å². The number of carbonyl (C=O) groups excluding carboxylic acids is 1. The number of hydrogen-bond acceptors (Lipinski definition) is 7. The van der Waals surface area contributed by atoms with Crippen LogP contribution in [0.25, 0.3) is 5.69 Å². The summed E-state index contributed by atoms with van der Waals surface area (Å²) in [5, 5.41) is 28.7. The molecule has 10 nitrogen and oxygen atoms in total. The number of allylic oxidation sites excluding steroid dienone is 1. The van der Waals surface area contributed by atoms with Crippen molar-refractivity contribution in [1.29, 1.82) is 0 Å². The second-order valence-corrected chi connectivity index (χ2v) is 8.54. The number of aryl methyl sites for hydroxylation is 1. The average Bonchev–Trinajstić information content (AvgIpc) is 3.39. The van der Waals surface area contributed by atoms with Crippen LogP contribution in [0.15, 0.2) is 59.7 Å². The fourth-order valence-corrected chi connectivity index (χ4v) is 4.35. The van der Waals surface area contributed by atoms with E-state index in [0.29, 0.717) is 36.3 Å². The van der Waals surface area contributed by atoms with Crippen molar-refractivity contribution in [1.82, 2.24) is 19.6 Å². The highest BCUT2D eigenvalue weighted by Crippen LogP contribution is 2.45. The Morgan fingerprint density at radius 3 is 2.80 bits per heavy atom. The minimum absolute atomic E-state index is 0.0206. The number of fused-ring (bicyclic) bond motifs is 1. The molecule has 2 aromatic heterocycles. The third-order valence-corrected chi connectivity index (χ3v) is 6.36. The maximum absolute atomic E-state index is 13.2. The molecule has 10 heteroatoms. The van der Waals surface area contributed by atoms with Crippen molar-refractivity contribution >= 4 is 11.6 Å². The number of amides is 1. The number of nitrogens with zero attached hydrogens (tertiary/aromatic N) is 5. The molecule has 4 rings (SSSR count). The van der Waals surface area contributed by atoms with Gasteiger partial charge in [0.2, 0.25) is 0 Å². The number of pyridine rings is 1. The lowest BCUT2D eigenvalue weighted by Gasteiger charge is -2.27. The Bertz CT molecular complexity index is 1310. The van der Waals surface area contributed by atoms with Crippen LogP contribution >= 0.6 is 0 Å². The van der Waals surface area contributed by atoms with Crippen LogP contribution in [-0.2, 0) is 23.4 Å². The van der Waals surface area contributed by atoms with Gasteiger partial charge < -0.3 is 19.8 Å². The number of aromatic nitrogens is 4. The minimum atomic E-state index is -1.78. The van der Waals surface area contributed by atoms with Gasteiger partial charge in [0.05, 0.1) is 18.5 Å². The van der Waals surface area contributed by atoms with Crippen LogP contribution in [0.5, 0.6) is 5.75 Å². The van der Waals surface area contributed by atoms with Gasteiger partial charge in [0.25, 0.3) is 11.5 Å². The Morgan fingerprint density at radius 1 is 1.26 bits per heavy atom. The maximum Gasteiger partial charge on any atom is 0.297 e. The Hall–Kier alpha value is -3.76. The summed E-state index contributed by atoms with van der Waals surface area (Å²) < 4.78 is 8.25. The molecule has 3 heterocycles. The highest BCUT2D eigenvalue weighted by molar-refractivity contribution is 6.07. The van der Waals surface area contributed by atoms with Gasteiger partial charge in [0, 0.05) is 56.2 Å². The van der Waals surface area contributed by atoms with Gasteiger partial charge in [-0.2, -0.15) is 0 Å². The summed E-state index contributed by atoms with van der Waals surface area (Å²) >= 11 is 0. The molecule has 0 radical (unpaired) electrons. The molecule has 2 atom stereocenters. The van der Waals surface area contributed by atoms with E-state index in [2.05, 4.69) is 10.3 Å². The van der Waals surface area contributed by atoms with Gasteiger partial charge in [0.1, 0.15) is 0 Å². The zero-order valence-electron chi connectivity index (χ0n) is 20.0. The summed E-state index contributed by atoms with van der Waals surface area (Å²) in [5.74, 6) is -0.759. The monoisotopic (exact) mass is 479 g/mol. The summed E-state index contributed by atoms with van der Waals surface area (Å²) in [6, 6.07) is 8.43. The highest BCUT2D eigenvalue weighted by atomic mass is 16.5. The quantitative estimate of drug-likeness (QED) is 0.445. The van der Waals surface area contributed by atoms with Crippen LogP contribution in [0.1, 0.15) is 24.6 Å². The Morgan fingerprint density at radius 2 is 2.06 bits per heavy atom. The molecule has 0 unspecified atom stereocenters. The van der Waals surface area contributed by atoms with Crippen molar-refractivity contribution < 1.29 is 19.7 Å². The fourth-order valence-electron chi connectivity index (χ4n) is 4.35. The molecular weight excluding hydrogens is 450 g/mol. The smallest absolute Gasteiger partial charge is 0.297 e. The highest BCUT2D eigenvalue weighted by Gasteiger charge is 2.51. The molecule has 0 saturated heterocycles. The Balaban J connectivity index is 1.58. The SMILES string of the molecule is COc1cccn(-c2ccc3c(c2)[C@](O)([C@@H](C)/C=C/CCn2cc(CCO)nn2)C(=O)N3C)c1=O. The standard InChI is InChI=1S/C25H29N5O5/c1-17(7-4-5-12-29-16-18(11-14-31)26-27-29)25(34)20-15-19(9-10-21(20)28(2)24(25)33)30-13-6-8-22(35-3)23(30)32/h4,6-10,13,15-17,31,34H,5,11-12,14H2,1-3H3/b7-4+/t17-,25+/m0/s1. The van der Waals surface area contributed by atoms with Gasteiger partial charge >= 0.3 is 0 Å². The number of likely N-dealkylation sites (N-methyl/N-ethyl adjacent to an activating group) is 1. The molecule has 2 N–H and O–H groups in total. The van der Waals surface area contributed by atoms with Gasteiger partial charge in [-0.1, -0.05) is 24.3 Å². The van der Waals surface area contributed by atoms with Crippen molar-refractivity contribution in [3.05, 3.63) is 76.5 Å². The third-order valence-electron chi connectivity index (χ3n) is 6.36. The lowest BCUT2D eigenvalue weighted by Crippen LogP contribution is -2.43. The molecule has 1 aliphatic heterocycles. The molecule has 1 amide bonds. The second kappa shape index (κ2) is 9.85. The van der Waals surface area contributed by atoms with Crippen molar-refractivity contribution in [2.75, 3.05) is 25.7 Å². The summed E-state index contributed by atoms with van der Waals surface area (Å²) in [7, 11) is 3.06. The summed E-state index contributed by atoms with van der Waals surface area (Å²) in [6.45, 7) is 2.39. The van der Waals surface area contributed by atoms with Gasteiger partial charge in [-0.3, -0.25) is 18.8 Å². The molecule has 1 aromatic carbocycles. The number of benzene rings is 1. The zero-order chi connectivity index (χ0) is 25.2. The van der Waals surface area contributed by atoms with Crippen molar-refractivity contribution in [3.8, 4) is 11.4 Å². The van der Waals surface area contributed by atoms with Gasteiger partial charge in [-0.05, 0) is 36.8 Å². The van der Waals surface area contributed by atoms with E-state index in [1.54, 1.807) is 61.4 Å². The van der Waals surface area contributed by atoms with E-state index in [-0.39, 0.29) is 17.9 Å². The average molecular weight is 480 g/mol. The minimum Gasteiger partial charge on any atom is -0.491 e. The Kier molecular flexibility index (Phi) is 6.86. The summed E-state index contributed by atoms with van der Waals surface area (Å²) in [6.07, 6.45) is 8.20. The lowest BCUT2D eigenvalue weighted by molar-refractivity contribution is -0.139. The number of rotatable bonds is 9. The molecule has 1 aliphatic rings. The van der Waals surface area contributed by atoms with Crippen LogP contribution in [0.2, 0.25) is 0 Å². The van der Waals surface area contributed by atoms with E-state index in [0.717, 1.165) is 5.69 Å². The summed E-state index contributed by atoms with van der Waals surface area (Å²) in [5.41, 5.74) is 0.173. The second-order valence-electron chi connectivity index (χ2n) is 8.54. The van der Waals surface area contributed by atoms with E-state index in [9.17, 15) is 14.7 Å². The van der Waals surface area contributed by atoms with E-state index in [1.807, 2.05) is 12.2 Å². The first-order valence-corrected chi connectivity index (χ1v) is 11.4. The molecule has 0 aliphatic carbocycles. The molecule has 0 fully saturated rings. The van der Waals surface area contributed by atoms with Crippen LogP contribution in [0, 0.1) is 5.92 Å². The number of carbonyl (C=O) groups is 1. The van der Waals surface area contributed by atoms with Crippen LogP contribution in [0.3, 0.4) is 0 Å². The predicted molar refractivity (Wildman–Crippen MR) is 130 cm³/mol. The third kappa shape index (κ3) is 4.38. The van der Waals surface area contributed by atoms with Crippen LogP contribution in [0.4, 0.5) is 5.69 Å². The fraction of sp³-hybridized carbons (Fsp3) is 0.360.